The van der Waals surface area contributed by atoms with Gasteiger partial charge in [0, 0.05) is 37.8 Å². The third kappa shape index (κ3) is 6.42. The van der Waals surface area contributed by atoms with Crippen molar-refractivity contribution in [2.45, 2.75) is 45.5 Å². The van der Waals surface area contributed by atoms with E-state index < -0.39 is 6.61 Å². The van der Waals surface area contributed by atoms with Crippen LogP contribution < -0.4 is 15.4 Å². The van der Waals surface area contributed by atoms with Crippen LogP contribution in [-0.4, -0.2) is 36.7 Å². The maximum atomic E-state index is 12.5. The lowest BCUT2D eigenvalue weighted by molar-refractivity contribution is -0.0504. The van der Waals surface area contributed by atoms with Gasteiger partial charge in [-0.25, -0.2) is 4.79 Å². The van der Waals surface area contributed by atoms with Crippen LogP contribution in [0.2, 0.25) is 0 Å². The number of nitrogens with one attached hydrogen (secondary N) is 2. The van der Waals surface area contributed by atoms with E-state index in [9.17, 15) is 13.6 Å². The molecule has 2 amide bonds. The van der Waals surface area contributed by atoms with Crippen LogP contribution >= 0.6 is 0 Å². The van der Waals surface area contributed by atoms with Gasteiger partial charge in [0.05, 0.1) is 0 Å². The zero-order valence-corrected chi connectivity index (χ0v) is 16.5. The molecule has 2 aromatic rings. The minimum atomic E-state index is -2.89. The van der Waals surface area contributed by atoms with Crippen molar-refractivity contribution < 1.29 is 18.3 Å². The normalized spacial score (nSPS) is 15.3. The van der Waals surface area contributed by atoms with Crippen molar-refractivity contribution in [1.82, 2.24) is 15.5 Å². The molecular weight excluding hydrogens is 376 g/mol. The standard InChI is InChI=1S/C22H27F2N3O2/c1-16-6-2-3-8-18(16)15-27-12-10-19(11-13-27)26-22(28)25-14-17-7-4-5-9-20(17)29-21(23)24/h2-9,19,21H,10-15H2,1H3,(H2,25,26,28). The second kappa shape index (κ2) is 10.2. The first-order valence-corrected chi connectivity index (χ1v) is 9.85. The van der Waals surface area contributed by atoms with Crippen LogP contribution in [0.4, 0.5) is 13.6 Å². The monoisotopic (exact) mass is 403 g/mol. The van der Waals surface area contributed by atoms with Gasteiger partial charge in [-0.05, 0) is 37.0 Å². The molecule has 29 heavy (non-hydrogen) atoms. The number of halogens is 2. The number of benzene rings is 2. The average molecular weight is 403 g/mol. The number of hydrogen-bond acceptors (Lipinski definition) is 3. The van der Waals surface area contributed by atoms with Gasteiger partial charge in [0.15, 0.2) is 0 Å². The minimum absolute atomic E-state index is 0.0762. The fourth-order valence-electron chi connectivity index (χ4n) is 3.54. The number of alkyl halides is 2. The van der Waals surface area contributed by atoms with Gasteiger partial charge in [0.2, 0.25) is 0 Å². The first-order chi connectivity index (χ1) is 14.0. The molecule has 0 aromatic heterocycles. The Bertz CT molecular complexity index is 808. The summed E-state index contributed by atoms with van der Waals surface area (Å²) in [5, 5.41) is 5.71. The number of hydrogen-bond donors (Lipinski definition) is 2. The molecule has 3 rings (SSSR count). The van der Waals surface area contributed by atoms with Gasteiger partial charge < -0.3 is 15.4 Å². The smallest absolute Gasteiger partial charge is 0.387 e. The molecule has 156 valence electrons. The number of amides is 2. The zero-order chi connectivity index (χ0) is 20.6. The Balaban J connectivity index is 1.42. The van der Waals surface area contributed by atoms with E-state index in [1.165, 1.54) is 17.2 Å². The number of urea groups is 1. The molecule has 1 aliphatic rings. The summed E-state index contributed by atoms with van der Waals surface area (Å²) in [7, 11) is 0. The maximum Gasteiger partial charge on any atom is 0.387 e. The summed E-state index contributed by atoms with van der Waals surface area (Å²) in [5.74, 6) is 0.0762. The highest BCUT2D eigenvalue weighted by molar-refractivity contribution is 5.74. The first-order valence-electron chi connectivity index (χ1n) is 9.85. The van der Waals surface area contributed by atoms with Crippen LogP contribution in [0.25, 0.3) is 0 Å². The number of likely N-dealkylation sites (tertiary alicyclic amines) is 1. The highest BCUT2D eigenvalue weighted by Crippen LogP contribution is 2.20. The molecule has 2 N–H and O–H groups in total. The van der Waals surface area contributed by atoms with Crippen molar-refractivity contribution in [3.8, 4) is 5.75 Å². The van der Waals surface area contributed by atoms with Crippen LogP contribution in [0, 0.1) is 6.92 Å². The van der Waals surface area contributed by atoms with Gasteiger partial charge in [-0.3, -0.25) is 4.90 Å². The second-order valence-electron chi connectivity index (χ2n) is 7.29. The summed E-state index contributed by atoms with van der Waals surface area (Å²) in [6, 6.07) is 14.7. The number of carbonyl (C=O) groups excluding carboxylic acids is 1. The molecule has 5 nitrogen and oxygen atoms in total. The molecule has 1 fully saturated rings. The van der Waals surface area contributed by atoms with Gasteiger partial charge in [-0.1, -0.05) is 42.5 Å². The predicted molar refractivity (Wildman–Crippen MR) is 108 cm³/mol. The fourth-order valence-corrected chi connectivity index (χ4v) is 3.54. The number of nitrogens with zero attached hydrogens (tertiary/aromatic N) is 1. The van der Waals surface area contributed by atoms with E-state index >= 15 is 0 Å². The third-order valence-corrected chi connectivity index (χ3v) is 5.21. The molecule has 0 radical (unpaired) electrons. The van der Waals surface area contributed by atoms with Crippen molar-refractivity contribution in [2.75, 3.05) is 13.1 Å². The van der Waals surface area contributed by atoms with Crippen LogP contribution in [-0.2, 0) is 13.1 Å². The predicted octanol–water partition coefficient (Wildman–Crippen LogP) is 4.06. The summed E-state index contributed by atoms with van der Waals surface area (Å²) in [6.07, 6.45) is 1.76. The SMILES string of the molecule is Cc1ccccc1CN1CCC(NC(=O)NCc2ccccc2OC(F)F)CC1. The van der Waals surface area contributed by atoms with E-state index in [0.29, 0.717) is 5.56 Å². The molecule has 0 bridgehead atoms. The Hall–Kier alpha value is -2.67. The third-order valence-electron chi connectivity index (χ3n) is 5.21. The van der Waals surface area contributed by atoms with Crippen molar-refractivity contribution in [2.24, 2.45) is 0 Å². The highest BCUT2D eigenvalue weighted by atomic mass is 19.3. The van der Waals surface area contributed by atoms with Crippen LogP contribution in [0.5, 0.6) is 5.75 Å². The summed E-state index contributed by atoms with van der Waals surface area (Å²) in [4.78, 5) is 14.6. The quantitative estimate of drug-likeness (QED) is 0.733. The highest BCUT2D eigenvalue weighted by Gasteiger charge is 2.21. The van der Waals surface area contributed by atoms with E-state index in [1.807, 2.05) is 6.07 Å². The van der Waals surface area contributed by atoms with Gasteiger partial charge in [0.25, 0.3) is 0 Å². The van der Waals surface area contributed by atoms with E-state index in [1.54, 1.807) is 18.2 Å². The van der Waals surface area contributed by atoms with Gasteiger partial charge >= 0.3 is 12.6 Å². The average Bonchev–Trinajstić information content (AvgIpc) is 2.70. The van der Waals surface area contributed by atoms with Crippen LogP contribution in [0.15, 0.2) is 48.5 Å². The minimum Gasteiger partial charge on any atom is -0.434 e. The number of piperidine rings is 1. The number of para-hydroxylation sites is 1. The first kappa shape index (κ1) is 21.0. The largest absolute Gasteiger partial charge is 0.434 e. The van der Waals surface area contributed by atoms with Gasteiger partial charge in [0.1, 0.15) is 5.75 Å². The lowest BCUT2D eigenvalue weighted by atomic mass is 10.0. The Kier molecular flexibility index (Phi) is 7.41. The number of aryl methyl sites for hydroxylation is 1. The lowest BCUT2D eigenvalue weighted by Crippen LogP contribution is -2.47. The van der Waals surface area contributed by atoms with Crippen LogP contribution in [0.1, 0.15) is 29.5 Å². The molecule has 0 spiro atoms. The molecule has 2 aromatic carbocycles. The Morgan fingerprint density at radius 3 is 2.45 bits per heavy atom. The molecule has 0 atom stereocenters. The van der Waals surface area contributed by atoms with Crippen LogP contribution in [0.3, 0.4) is 0 Å². The van der Waals surface area contributed by atoms with Crippen molar-refractivity contribution >= 4 is 6.03 Å². The van der Waals surface area contributed by atoms with E-state index in [0.717, 1.165) is 32.5 Å². The summed E-state index contributed by atoms with van der Waals surface area (Å²) >= 11 is 0. The summed E-state index contributed by atoms with van der Waals surface area (Å²) in [6.45, 7) is 2.12. The second-order valence-corrected chi connectivity index (χ2v) is 7.29. The van der Waals surface area contributed by atoms with Crippen molar-refractivity contribution in [3.05, 3.63) is 65.2 Å². The Labute approximate surface area is 170 Å². The van der Waals surface area contributed by atoms with E-state index in [4.69, 9.17) is 0 Å². The molecule has 0 saturated carbocycles. The van der Waals surface area contributed by atoms with E-state index in [-0.39, 0.29) is 24.4 Å². The molecule has 1 saturated heterocycles. The molecule has 7 heteroatoms. The van der Waals surface area contributed by atoms with Gasteiger partial charge in [-0.2, -0.15) is 8.78 Å². The lowest BCUT2D eigenvalue weighted by Gasteiger charge is -2.32. The Morgan fingerprint density at radius 2 is 1.76 bits per heavy atom. The zero-order valence-electron chi connectivity index (χ0n) is 16.5. The van der Waals surface area contributed by atoms with Crippen molar-refractivity contribution in [3.63, 3.8) is 0 Å². The fraction of sp³-hybridized carbons (Fsp3) is 0.409. The Morgan fingerprint density at radius 1 is 1.10 bits per heavy atom. The summed E-state index contributed by atoms with van der Waals surface area (Å²) in [5.41, 5.74) is 3.14. The van der Waals surface area contributed by atoms with E-state index in [2.05, 4.69) is 45.4 Å². The molecular formula is C22H27F2N3O2. The molecule has 1 heterocycles. The number of carbonyl (C=O) groups is 1. The topological polar surface area (TPSA) is 53.6 Å². The molecule has 0 aliphatic carbocycles. The van der Waals surface area contributed by atoms with Crippen molar-refractivity contribution in [1.29, 1.82) is 0 Å². The molecule has 0 unspecified atom stereocenters. The number of ether oxygens (including phenoxy) is 1. The van der Waals surface area contributed by atoms with Gasteiger partial charge in [-0.15, -0.1) is 0 Å². The maximum absolute atomic E-state index is 12.5. The summed E-state index contributed by atoms with van der Waals surface area (Å²) < 4.78 is 29.4. The molecule has 1 aliphatic heterocycles. The number of rotatable bonds is 7.